The molecule has 2 aromatic carbocycles. The maximum absolute atomic E-state index is 13.5. The molecule has 0 atom stereocenters. The molecular weight excluding hydrogens is 357 g/mol. The van der Waals surface area contributed by atoms with Crippen LogP contribution in [0.25, 0.3) is 16.7 Å². The molecule has 0 aliphatic heterocycles. The molecule has 0 saturated carbocycles. The number of amides is 1. The molecule has 7 heteroatoms. The van der Waals surface area contributed by atoms with E-state index >= 15 is 0 Å². The summed E-state index contributed by atoms with van der Waals surface area (Å²) in [6, 6.07) is 11.0. The monoisotopic (exact) mass is 369 g/mol. The number of nitrogens with zero attached hydrogens (tertiary/aromatic N) is 2. The summed E-state index contributed by atoms with van der Waals surface area (Å²) in [7, 11) is 0. The second-order valence-corrected chi connectivity index (χ2v) is 6.20. The third kappa shape index (κ3) is 2.84. The molecule has 0 radical (unpaired) electrons. The molecular formula is C19H13ClFN3O2. The molecule has 5 nitrogen and oxygen atoms in total. The van der Waals surface area contributed by atoms with E-state index in [0.717, 1.165) is 0 Å². The van der Waals surface area contributed by atoms with E-state index in [9.17, 15) is 9.18 Å². The highest BCUT2D eigenvalue weighted by atomic mass is 35.5. The molecule has 0 saturated heterocycles. The number of benzene rings is 2. The van der Waals surface area contributed by atoms with Crippen molar-refractivity contribution in [2.45, 2.75) is 6.92 Å². The summed E-state index contributed by atoms with van der Waals surface area (Å²) in [5.41, 5.74) is 2.16. The normalized spacial score (nSPS) is 11.0. The maximum Gasteiger partial charge on any atom is 0.291 e. The Kier molecular flexibility index (Phi) is 3.97. The van der Waals surface area contributed by atoms with E-state index in [-0.39, 0.29) is 11.6 Å². The van der Waals surface area contributed by atoms with E-state index in [1.165, 1.54) is 18.2 Å². The smallest absolute Gasteiger partial charge is 0.291 e. The van der Waals surface area contributed by atoms with Gasteiger partial charge in [-0.1, -0.05) is 11.6 Å². The zero-order valence-electron chi connectivity index (χ0n) is 13.7. The zero-order valence-corrected chi connectivity index (χ0v) is 14.4. The second kappa shape index (κ2) is 6.31. The van der Waals surface area contributed by atoms with Gasteiger partial charge in [0.15, 0.2) is 5.76 Å². The highest BCUT2D eigenvalue weighted by Crippen LogP contribution is 2.29. The van der Waals surface area contributed by atoms with Crippen LogP contribution in [0.15, 0.2) is 59.3 Å². The van der Waals surface area contributed by atoms with Gasteiger partial charge in [-0.2, -0.15) is 5.10 Å². The van der Waals surface area contributed by atoms with Crippen molar-refractivity contribution in [1.29, 1.82) is 0 Å². The molecule has 0 aliphatic carbocycles. The van der Waals surface area contributed by atoms with Crippen LogP contribution in [0.2, 0.25) is 5.02 Å². The summed E-state index contributed by atoms with van der Waals surface area (Å²) in [6.07, 6.45) is 3.40. The number of anilines is 1. The Morgan fingerprint density at radius 3 is 2.88 bits per heavy atom. The minimum atomic E-state index is -0.449. The van der Waals surface area contributed by atoms with Crippen molar-refractivity contribution in [2.75, 3.05) is 5.32 Å². The highest BCUT2D eigenvalue weighted by molar-refractivity contribution is 6.31. The van der Waals surface area contributed by atoms with Crippen LogP contribution in [0.1, 0.15) is 16.1 Å². The van der Waals surface area contributed by atoms with Gasteiger partial charge in [0.1, 0.15) is 11.4 Å². The lowest BCUT2D eigenvalue weighted by molar-refractivity contribution is 0.0998. The lowest BCUT2D eigenvalue weighted by Crippen LogP contribution is -2.14. The van der Waals surface area contributed by atoms with Gasteiger partial charge < -0.3 is 9.73 Å². The fourth-order valence-electron chi connectivity index (χ4n) is 2.81. The first kappa shape index (κ1) is 16.4. The van der Waals surface area contributed by atoms with Crippen molar-refractivity contribution in [3.63, 3.8) is 0 Å². The molecule has 0 bridgehead atoms. The van der Waals surface area contributed by atoms with Crippen molar-refractivity contribution in [3.05, 3.63) is 77.0 Å². The van der Waals surface area contributed by atoms with Crippen LogP contribution < -0.4 is 5.32 Å². The van der Waals surface area contributed by atoms with E-state index < -0.39 is 5.91 Å². The first-order valence-corrected chi connectivity index (χ1v) is 8.20. The minimum absolute atomic E-state index is 0.122. The molecule has 4 aromatic rings. The number of halogens is 2. The van der Waals surface area contributed by atoms with Gasteiger partial charge in [0.25, 0.3) is 5.91 Å². The molecule has 26 heavy (non-hydrogen) atoms. The Bertz CT molecular complexity index is 1120. The van der Waals surface area contributed by atoms with Crippen LogP contribution in [0.4, 0.5) is 10.1 Å². The molecule has 1 N–H and O–H groups in total. The van der Waals surface area contributed by atoms with Crippen molar-refractivity contribution < 1.29 is 13.6 Å². The zero-order chi connectivity index (χ0) is 18.3. The molecule has 4 rings (SSSR count). The van der Waals surface area contributed by atoms with E-state index in [4.69, 9.17) is 16.0 Å². The average Bonchev–Trinajstić information content (AvgIpc) is 3.24. The predicted octanol–water partition coefficient (Wildman–Crippen LogP) is 4.97. The summed E-state index contributed by atoms with van der Waals surface area (Å²) < 4.78 is 20.7. The third-order valence-corrected chi connectivity index (χ3v) is 4.30. The van der Waals surface area contributed by atoms with Crippen LogP contribution in [-0.4, -0.2) is 15.7 Å². The highest BCUT2D eigenvalue weighted by Gasteiger charge is 2.19. The number of aromatic nitrogens is 2. The molecule has 0 unspecified atom stereocenters. The quantitative estimate of drug-likeness (QED) is 0.554. The first-order valence-electron chi connectivity index (χ1n) is 7.82. The van der Waals surface area contributed by atoms with Crippen LogP contribution in [0, 0.1) is 12.7 Å². The van der Waals surface area contributed by atoms with Gasteiger partial charge in [-0.25, -0.2) is 9.07 Å². The van der Waals surface area contributed by atoms with Gasteiger partial charge in [0.05, 0.1) is 11.4 Å². The predicted molar refractivity (Wildman–Crippen MR) is 97.4 cm³/mol. The van der Waals surface area contributed by atoms with Crippen LogP contribution >= 0.6 is 11.6 Å². The lowest BCUT2D eigenvalue weighted by atomic mass is 10.1. The topological polar surface area (TPSA) is 60.1 Å². The Morgan fingerprint density at radius 2 is 2.12 bits per heavy atom. The summed E-state index contributed by atoms with van der Waals surface area (Å²) in [6.45, 7) is 1.71. The fraction of sp³-hybridized carbons (Fsp3) is 0.0526. The Balaban J connectivity index is 1.73. The Labute approximate surface area is 153 Å². The van der Waals surface area contributed by atoms with Gasteiger partial charge in [-0.05, 0) is 49.4 Å². The van der Waals surface area contributed by atoms with Gasteiger partial charge in [0.2, 0.25) is 0 Å². The van der Waals surface area contributed by atoms with Crippen LogP contribution in [-0.2, 0) is 0 Å². The summed E-state index contributed by atoms with van der Waals surface area (Å²) in [4.78, 5) is 12.8. The van der Waals surface area contributed by atoms with E-state index in [2.05, 4.69) is 10.4 Å². The SMILES string of the molecule is Cc1c(C(=O)Nc2cc(Cl)ccc2-n2cccn2)oc2ccc(F)cc12. The fourth-order valence-corrected chi connectivity index (χ4v) is 2.98. The van der Waals surface area contributed by atoms with Crippen LogP contribution in [0.5, 0.6) is 0 Å². The second-order valence-electron chi connectivity index (χ2n) is 5.76. The van der Waals surface area contributed by atoms with Gasteiger partial charge in [-0.15, -0.1) is 0 Å². The number of rotatable bonds is 3. The number of carbonyl (C=O) groups excluding carboxylic acids is 1. The molecule has 0 fully saturated rings. The van der Waals surface area contributed by atoms with Crippen LogP contribution in [0.3, 0.4) is 0 Å². The molecule has 0 aliphatic rings. The number of hydrogen-bond acceptors (Lipinski definition) is 3. The summed E-state index contributed by atoms with van der Waals surface area (Å²) in [5, 5.41) is 8.01. The van der Waals surface area contributed by atoms with Gasteiger partial charge in [0, 0.05) is 28.4 Å². The molecule has 2 aromatic heterocycles. The summed E-state index contributed by atoms with van der Waals surface area (Å²) >= 11 is 6.07. The number of furan rings is 1. The maximum atomic E-state index is 13.5. The lowest BCUT2D eigenvalue weighted by Gasteiger charge is -2.11. The minimum Gasteiger partial charge on any atom is -0.451 e. The largest absolute Gasteiger partial charge is 0.451 e. The first-order chi connectivity index (χ1) is 12.5. The molecule has 130 valence electrons. The summed E-state index contributed by atoms with van der Waals surface area (Å²) in [5.74, 6) is -0.712. The number of nitrogens with one attached hydrogen (secondary N) is 1. The number of fused-ring (bicyclic) bond motifs is 1. The van der Waals surface area contributed by atoms with E-state index in [0.29, 0.717) is 32.9 Å². The van der Waals surface area contributed by atoms with Gasteiger partial charge in [-0.3, -0.25) is 4.79 Å². The number of aryl methyl sites for hydroxylation is 1. The molecule has 1 amide bonds. The number of hydrogen-bond donors (Lipinski definition) is 1. The van der Waals surface area contributed by atoms with E-state index in [1.54, 1.807) is 48.3 Å². The molecule has 0 spiro atoms. The van der Waals surface area contributed by atoms with E-state index in [1.807, 2.05) is 0 Å². The van der Waals surface area contributed by atoms with Crippen molar-refractivity contribution in [3.8, 4) is 5.69 Å². The van der Waals surface area contributed by atoms with Crippen molar-refractivity contribution in [2.24, 2.45) is 0 Å². The number of carbonyl (C=O) groups is 1. The third-order valence-electron chi connectivity index (χ3n) is 4.06. The van der Waals surface area contributed by atoms with Crippen molar-refractivity contribution >= 4 is 34.2 Å². The average molecular weight is 370 g/mol. The standard InChI is InChI=1S/C19H13ClFN3O2/c1-11-14-10-13(21)4-6-17(14)26-18(11)19(25)23-15-9-12(20)3-5-16(15)24-8-2-7-22-24/h2-10H,1H3,(H,23,25). The van der Waals surface area contributed by atoms with Gasteiger partial charge >= 0.3 is 0 Å². The molecule has 2 heterocycles. The van der Waals surface area contributed by atoms with Crippen molar-refractivity contribution in [1.82, 2.24) is 9.78 Å². The Morgan fingerprint density at radius 1 is 1.27 bits per heavy atom. The Hall–Kier alpha value is -3.12.